The van der Waals surface area contributed by atoms with Crippen LogP contribution >= 0.6 is 0 Å². The van der Waals surface area contributed by atoms with Gasteiger partial charge in [0.2, 0.25) is 10.0 Å². The number of benzene rings is 1. The summed E-state index contributed by atoms with van der Waals surface area (Å²) in [4.78, 5) is 11.1. The van der Waals surface area contributed by atoms with E-state index in [1.54, 1.807) is 13.0 Å². The summed E-state index contributed by atoms with van der Waals surface area (Å²) in [5, 5.41) is 9.12. The number of aliphatic carboxylic acids is 1. The molecular formula is C15H20FNO4S. The van der Waals surface area contributed by atoms with Gasteiger partial charge in [0.15, 0.2) is 0 Å². The number of hydrogen-bond donors (Lipinski definition) is 1. The molecule has 1 fully saturated rings. The number of nitrogens with zero attached hydrogens (tertiary/aromatic N) is 1. The first-order valence-corrected chi connectivity index (χ1v) is 8.75. The zero-order chi connectivity index (χ0) is 16.5. The predicted molar refractivity (Wildman–Crippen MR) is 80.2 cm³/mol. The second-order valence-electron chi connectivity index (χ2n) is 6.04. The van der Waals surface area contributed by atoms with Crippen molar-refractivity contribution in [1.82, 2.24) is 4.31 Å². The van der Waals surface area contributed by atoms with Crippen molar-refractivity contribution in [2.75, 3.05) is 13.1 Å². The molecule has 1 aromatic carbocycles. The lowest BCUT2D eigenvalue weighted by molar-refractivity contribution is -0.143. The Labute approximate surface area is 129 Å². The Kier molecular flexibility index (Phi) is 4.87. The number of hydrogen-bond acceptors (Lipinski definition) is 3. The van der Waals surface area contributed by atoms with Crippen LogP contribution in [0.1, 0.15) is 24.5 Å². The maximum absolute atomic E-state index is 13.9. The van der Waals surface area contributed by atoms with E-state index in [9.17, 15) is 17.6 Å². The van der Waals surface area contributed by atoms with E-state index >= 15 is 0 Å². The molecule has 2 rings (SSSR count). The van der Waals surface area contributed by atoms with Gasteiger partial charge in [-0.15, -0.1) is 0 Å². The number of halogens is 1. The van der Waals surface area contributed by atoms with Gasteiger partial charge in [0.25, 0.3) is 0 Å². The lowest BCUT2D eigenvalue weighted by Gasteiger charge is -2.33. The van der Waals surface area contributed by atoms with E-state index in [1.807, 2.05) is 6.92 Å². The summed E-state index contributed by atoms with van der Waals surface area (Å²) in [5.74, 6) is -2.73. The number of piperidine rings is 1. The van der Waals surface area contributed by atoms with Crippen molar-refractivity contribution in [2.24, 2.45) is 11.8 Å². The molecule has 1 N–H and O–H groups in total. The molecule has 1 aliphatic rings. The quantitative estimate of drug-likeness (QED) is 0.917. The van der Waals surface area contributed by atoms with Crippen LogP contribution in [0.2, 0.25) is 0 Å². The summed E-state index contributed by atoms with van der Waals surface area (Å²) >= 11 is 0. The van der Waals surface area contributed by atoms with E-state index in [0.717, 1.165) is 5.56 Å². The van der Waals surface area contributed by atoms with E-state index in [1.165, 1.54) is 16.4 Å². The maximum Gasteiger partial charge on any atom is 0.307 e. The smallest absolute Gasteiger partial charge is 0.307 e. The summed E-state index contributed by atoms with van der Waals surface area (Å²) < 4.78 is 40.0. The molecule has 0 radical (unpaired) electrons. The molecule has 2 atom stereocenters. The van der Waals surface area contributed by atoms with E-state index in [0.29, 0.717) is 6.42 Å². The summed E-state index contributed by atoms with van der Waals surface area (Å²) in [6.45, 7) is 3.78. The highest BCUT2D eigenvalue weighted by molar-refractivity contribution is 7.88. The minimum absolute atomic E-state index is 0.0347. The third-order valence-corrected chi connectivity index (χ3v) is 5.68. The van der Waals surface area contributed by atoms with Crippen LogP contribution in [-0.4, -0.2) is 36.9 Å². The molecule has 0 spiro atoms. The second kappa shape index (κ2) is 6.34. The van der Waals surface area contributed by atoms with E-state index in [-0.39, 0.29) is 24.6 Å². The van der Waals surface area contributed by atoms with Crippen molar-refractivity contribution < 1.29 is 22.7 Å². The maximum atomic E-state index is 13.9. The first-order valence-electron chi connectivity index (χ1n) is 7.14. The number of carbonyl (C=O) groups is 1. The van der Waals surface area contributed by atoms with Gasteiger partial charge >= 0.3 is 5.97 Å². The SMILES string of the molecule is Cc1ccc(CS(=O)(=O)N2CC(C)CC(C(=O)O)C2)c(F)c1. The Morgan fingerprint density at radius 1 is 1.41 bits per heavy atom. The van der Waals surface area contributed by atoms with Crippen LogP contribution in [0.4, 0.5) is 4.39 Å². The van der Waals surface area contributed by atoms with Crippen LogP contribution in [0.5, 0.6) is 0 Å². The summed E-state index contributed by atoms with van der Waals surface area (Å²) in [6.07, 6.45) is 0.459. The van der Waals surface area contributed by atoms with Crippen molar-refractivity contribution >= 4 is 16.0 Å². The summed E-state index contributed by atoms with van der Waals surface area (Å²) in [7, 11) is -3.74. The number of rotatable bonds is 4. The minimum atomic E-state index is -3.74. The number of aryl methyl sites for hydroxylation is 1. The van der Waals surface area contributed by atoms with Gasteiger partial charge in [-0.05, 0) is 30.9 Å². The van der Waals surface area contributed by atoms with Gasteiger partial charge in [-0.25, -0.2) is 17.1 Å². The monoisotopic (exact) mass is 329 g/mol. The fourth-order valence-electron chi connectivity index (χ4n) is 2.77. The van der Waals surface area contributed by atoms with Crippen molar-refractivity contribution in [1.29, 1.82) is 0 Å². The van der Waals surface area contributed by atoms with Gasteiger partial charge in [0.05, 0.1) is 11.7 Å². The molecule has 1 saturated heterocycles. The molecule has 0 aliphatic carbocycles. The van der Waals surface area contributed by atoms with Crippen molar-refractivity contribution in [3.63, 3.8) is 0 Å². The van der Waals surface area contributed by atoms with Gasteiger partial charge in [0, 0.05) is 18.7 Å². The fraction of sp³-hybridized carbons (Fsp3) is 0.533. The second-order valence-corrected chi connectivity index (χ2v) is 8.01. The molecule has 0 saturated carbocycles. The number of carboxylic acid groups (broad SMARTS) is 1. The van der Waals surface area contributed by atoms with Gasteiger partial charge in [-0.2, -0.15) is 0 Å². The van der Waals surface area contributed by atoms with Crippen LogP contribution in [0.25, 0.3) is 0 Å². The van der Waals surface area contributed by atoms with Crippen molar-refractivity contribution in [3.8, 4) is 0 Å². The molecule has 0 bridgehead atoms. The van der Waals surface area contributed by atoms with Gasteiger partial charge in [0.1, 0.15) is 5.82 Å². The molecular weight excluding hydrogens is 309 g/mol. The topological polar surface area (TPSA) is 74.7 Å². The Morgan fingerprint density at radius 2 is 2.09 bits per heavy atom. The average Bonchev–Trinajstić information content (AvgIpc) is 2.41. The Hall–Kier alpha value is -1.47. The standard InChI is InChI=1S/C15H20FNO4S/c1-10-3-4-12(14(16)6-10)9-22(20,21)17-7-11(2)5-13(8-17)15(18)19/h3-4,6,11,13H,5,7-9H2,1-2H3,(H,18,19). The number of carboxylic acids is 1. The molecule has 1 aromatic rings. The third-order valence-electron chi connectivity index (χ3n) is 3.92. The van der Waals surface area contributed by atoms with Crippen LogP contribution in [0.15, 0.2) is 18.2 Å². The van der Waals surface area contributed by atoms with E-state index < -0.39 is 33.5 Å². The molecule has 22 heavy (non-hydrogen) atoms. The average molecular weight is 329 g/mol. The Balaban J connectivity index is 2.20. The van der Waals surface area contributed by atoms with E-state index in [4.69, 9.17) is 5.11 Å². The molecule has 7 heteroatoms. The summed E-state index contributed by atoms with van der Waals surface area (Å²) in [6, 6.07) is 4.42. The van der Waals surface area contributed by atoms with Crippen molar-refractivity contribution in [2.45, 2.75) is 26.0 Å². The Bertz CT molecular complexity index is 674. The van der Waals surface area contributed by atoms with Gasteiger partial charge in [-0.1, -0.05) is 19.1 Å². The van der Waals surface area contributed by atoms with Gasteiger partial charge < -0.3 is 5.11 Å². The van der Waals surface area contributed by atoms with E-state index in [2.05, 4.69) is 0 Å². The van der Waals surface area contributed by atoms with Gasteiger partial charge in [-0.3, -0.25) is 4.79 Å². The zero-order valence-electron chi connectivity index (χ0n) is 12.6. The zero-order valence-corrected chi connectivity index (χ0v) is 13.4. The van der Waals surface area contributed by atoms with Crippen molar-refractivity contribution in [3.05, 3.63) is 35.1 Å². The molecule has 5 nitrogen and oxygen atoms in total. The van der Waals surface area contributed by atoms with Crippen LogP contribution in [0.3, 0.4) is 0 Å². The fourth-order valence-corrected chi connectivity index (χ4v) is 4.46. The highest BCUT2D eigenvalue weighted by atomic mass is 32.2. The highest BCUT2D eigenvalue weighted by Gasteiger charge is 2.35. The van der Waals surface area contributed by atoms with Crippen LogP contribution < -0.4 is 0 Å². The van der Waals surface area contributed by atoms with Crippen LogP contribution in [-0.2, 0) is 20.6 Å². The molecule has 122 valence electrons. The largest absolute Gasteiger partial charge is 0.481 e. The first-order chi connectivity index (χ1) is 10.2. The molecule has 0 amide bonds. The predicted octanol–water partition coefficient (Wildman–Crippen LogP) is 2.01. The normalized spacial score (nSPS) is 23.4. The third kappa shape index (κ3) is 3.84. The molecule has 2 unspecified atom stereocenters. The first kappa shape index (κ1) is 16.9. The highest BCUT2D eigenvalue weighted by Crippen LogP contribution is 2.26. The Morgan fingerprint density at radius 3 is 2.68 bits per heavy atom. The molecule has 1 heterocycles. The molecule has 1 aliphatic heterocycles. The lowest BCUT2D eigenvalue weighted by atomic mass is 9.92. The lowest BCUT2D eigenvalue weighted by Crippen LogP contribution is -2.45. The molecule has 0 aromatic heterocycles. The van der Waals surface area contributed by atoms with Crippen LogP contribution in [0, 0.1) is 24.6 Å². The summed E-state index contributed by atoms with van der Waals surface area (Å²) in [5.41, 5.74) is 0.826. The number of sulfonamides is 1. The minimum Gasteiger partial charge on any atom is -0.481 e.